The van der Waals surface area contributed by atoms with E-state index in [1.807, 2.05) is 6.07 Å². The fourth-order valence-corrected chi connectivity index (χ4v) is 2.74. The molecule has 5 N–H and O–H groups in total. The van der Waals surface area contributed by atoms with E-state index in [1.54, 1.807) is 24.3 Å². The number of nitrogens with one attached hydrogen (secondary N) is 1. The predicted octanol–water partition coefficient (Wildman–Crippen LogP) is 0.984. The van der Waals surface area contributed by atoms with Gasteiger partial charge in [0.1, 0.15) is 6.04 Å². The number of amides is 1. The van der Waals surface area contributed by atoms with Crippen LogP contribution in [0.2, 0.25) is 0 Å². The van der Waals surface area contributed by atoms with Crippen molar-refractivity contribution in [2.75, 3.05) is 11.9 Å². The summed E-state index contributed by atoms with van der Waals surface area (Å²) in [6.45, 7) is -0.00402. The molecule has 1 aromatic carbocycles. The Hall–Kier alpha value is -2.61. The minimum Gasteiger partial charge on any atom is -0.481 e. The molecule has 0 bridgehead atoms. The van der Waals surface area contributed by atoms with Crippen molar-refractivity contribution in [2.45, 2.75) is 12.5 Å². The van der Waals surface area contributed by atoms with Crippen LogP contribution in [0, 0.1) is 17.8 Å². The average Bonchev–Trinajstić information content (AvgIpc) is 3.21. The number of aliphatic carboxylic acids is 2. The summed E-state index contributed by atoms with van der Waals surface area (Å²) in [6, 6.07) is 7.50. The van der Waals surface area contributed by atoms with Crippen molar-refractivity contribution < 1.29 is 29.3 Å². The summed E-state index contributed by atoms with van der Waals surface area (Å²) in [6.07, 6.45) is -0.395. The number of hydrogen-bond acceptors (Lipinski definition) is 5. The second-order valence-electron chi connectivity index (χ2n) is 5.38. The number of hydrogen-bond donors (Lipinski definition) is 4. The molecule has 0 aromatic heterocycles. The van der Waals surface area contributed by atoms with E-state index in [4.69, 9.17) is 20.7 Å². The molecule has 0 heterocycles. The van der Waals surface area contributed by atoms with Crippen LogP contribution in [0.5, 0.6) is 0 Å². The number of para-hydroxylation sites is 1. The molecule has 0 aliphatic heterocycles. The van der Waals surface area contributed by atoms with Crippen LogP contribution in [0.1, 0.15) is 6.42 Å². The monoisotopic (exact) mass is 322 g/mol. The van der Waals surface area contributed by atoms with Gasteiger partial charge in [-0.15, -0.1) is 0 Å². The molecule has 2 rings (SSSR count). The number of rotatable bonds is 7. The molecule has 0 saturated heterocycles. The van der Waals surface area contributed by atoms with E-state index in [0.717, 1.165) is 0 Å². The van der Waals surface area contributed by atoms with Crippen LogP contribution in [0.3, 0.4) is 0 Å². The van der Waals surface area contributed by atoms with Crippen molar-refractivity contribution in [3.8, 4) is 0 Å². The lowest BCUT2D eigenvalue weighted by atomic mass is 10.1. The molecule has 8 heteroatoms. The molecule has 1 aromatic rings. The Balaban J connectivity index is 1.78. The Morgan fingerprint density at radius 3 is 2.43 bits per heavy atom. The van der Waals surface area contributed by atoms with E-state index in [0.29, 0.717) is 5.69 Å². The highest BCUT2D eigenvalue weighted by molar-refractivity contribution is 5.84. The van der Waals surface area contributed by atoms with E-state index in [2.05, 4.69) is 5.32 Å². The lowest BCUT2D eigenvalue weighted by molar-refractivity contribution is -0.140. The first-order valence-electron chi connectivity index (χ1n) is 7.12. The molecule has 1 aliphatic rings. The molecule has 8 nitrogen and oxygen atoms in total. The summed E-state index contributed by atoms with van der Waals surface area (Å²) < 4.78 is 4.98. The van der Waals surface area contributed by atoms with E-state index in [1.165, 1.54) is 0 Å². The maximum atomic E-state index is 11.6. The molecule has 1 amide bonds. The van der Waals surface area contributed by atoms with Crippen molar-refractivity contribution in [1.82, 2.24) is 0 Å². The molecule has 1 aliphatic carbocycles. The largest absolute Gasteiger partial charge is 0.481 e. The first-order valence-corrected chi connectivity index (χ1v) is 7.12. The van der Waals surface area contributed by atoms with Crippen molar-refractivity contribution in [1.29, 1.82) is 0 Å². The summed E-state index contributed by atoms with van der Waals surface area (Å²) >= 11 is 0. The zero-order valence-electron chi connectivity index (χ0n) is 12.2. The Morgan fingerprint density at radius 1 is 1.22 bits per heavy atom. The highest BCUT2D eigenvalue weighted by atomic mass is 16.5. The van der Waals surface area contributed by atoms with Crippen LogP contribution in [-0.4, -0.2) is 40.9 Å². The summed E-state index contributed by atoms with van der Waals surface area (Å²) in [7, 11) is 0. The molecular weight excluding hydrogens is 304 g/mol. The fourth-order valence-electron chi connectivity index (χ4n) is 2.74. The number of carboxylic acids is 2. The second-order valence-corrected chi connectivity index (χ2v) is 5.38. The van der Waals surface area contributed by atoms with Crippen LogP contribution < -0.4 is 11.1 Å². The lowest BCUT2D eigenvalue weighted by Gasteiger charge is -2.07. The summed E-state index contributed by atoms with van der Waals surface area (Å²) in [5.74, 6) is -4.15. The Bertz CT molecular complexity index is 591. The summed E-state index contributed by atoms with van der Waals surface area (Å²) in [5, 5.41) is 20.5. The molecule has 124 valence electrons. The number of carboxylic acid groups (broad SMARTS) is 2. The molecular formula is C15H18N2O6. The van der Waals surface area contributed by atoms with Gasteiger partial charge in [0.15, 0.2) is 0 Å². The molecule has 4 atom stereocenters. The van der Waals surface area contributed by atoms with Crippen molar-refractivity contribution >= 4 is 23.7 Å². The lowest BCUT2D eigenvalue weighted by Crippen LogP contribution is -2.34. The van der Waals surface area contributed by atoms with Gasteiger partial charge in [0.05, 0.1) is 12.5 Å². The Kier molecular flexibility index (Phi) is 5.17. The molecule has 0 spiro atoms. The number of ether oxygens (including phenoxy) is 1. The van der Waals surface area contributed by atoms with Gasteiger partial charge in [-0.3, -0.25) is 14.9 Å². The van der Waals surface area contributed by atoms with E-state index in [-0.39, 0.29) is 13.0 Å². The van der Waals surface area contributed by atoms with E-state index in [9.17, 15) is 14.4 Å². The van der Waals surface area contributed by atoms with Crippen molar-refractivity contribution in [3.63, 3.8) is 0 Å². The Labute approximate surface area is 132 Å². The van der Waals surface area contributed by atoms with Gasteiger partial charge in [0.25, 0.3) is 0 Å². The van der Waals surface area contributed by atoms with Gasteiger partial charge in [-0.2, -0.15) is 0 Å². The molecule has 0 unspecified atom stereocenters. The third-order valence-corrected chi connectivity index (χ3v) is 3.92. The number of nitrogens with two attached hydrogens (primary N) is 1. The van der Waals surface area contributed by atoms with Crippen molar-refractivity contribution in [2.24, 2.45) is 23.5 Å². The average molecular weight is 322 g/mol. The van der Waals surface area contributed by atoms with Gasteiger partial charge < -0.3 is 20.7 Å². The zero-order chi connectivity index (χ0) is 17.0. The van der Waals surface area contributed by atoms with E-state index >= 15 is 0 Å². The van der Waals surface area contributed by atoms with Crippen LogP contribution in [0.15, 0.2) is 30.3 Å². The summed E-state index contributed by atoms with van der Waals surface area (Å²) in [4.78, 5) is 33.5. The Morgan fingerprint density at radius 2 is 1.87 bits per heavy atom. The number of carbonyl (C=O) groups excluding carboxylic acids is 1. The van der Waals surface area contributed by atoms with Gasteiger partial charge in [-0.05, 0) is 24.5 Å². The molecule has 1 saturated carbocycles. The standard InChI is InChI=1S/C15H18N2O6/c16-12(14(20)21)10-9(11(10)13(18)19)6-7-23-15(22)17-8-4-2-1-3-5-8/h1-5,9-12H,6-7,16H2,(H,17,22)(H,18,19)(H,20,21)/t9-,10+,11+,12+/m0/s1. The highest BCUT2D eigenvalue weighted by Gasteiger charge is 2.58. The quantitative estimate of drug-likeness (QED) is 0.587. The van der Waals surface area contributed by atoms with Crippen molar-refractivity contribution in [3.05, 3.63) is 30.3 Å². The zero-order valence-corrected chi connectivity index (χ0v) is 12.2. The van der Waals surface area contributed by atoms with Gasteiger partial charge in [-0.1, -0.05) is 18.2 Å². The molecule has 1 fully saturated rings. The van der Waals surface area contributed by atoms with Gasteiger partial charge in [-0.25, -0.2) is 4.79 Å². The van der Waals surface area contributed by atoms with Crippen LogP contribution in [-0.2, 0) is 14.3 Å². The minimum absolute atomic E-state index is 0.00402. The number of carbonyl (C=O) groups is 3. The normalized spacial score (nSPS) is 23.6. The molecule has 0 radical (unpaired) electrons. The third kappa shape index (κ3) is 4.19. The third-order valence-electron chi connectivity index (χ3n) is 3.92. The minimum atomic E-state index is -1.23. The van der Waals surface area contributed by atoms with Gasteiger partial charge >= 0.3 is 18.0 Å². The summed E-state index contributed by atoms with van der Waals surface area (Å²) in [5.41, 5.74) is 6.07. The SMILES string of the molecule is N[C@@H](C(=O)O)[C@@H]1[C@H](CCOC(=O)Nc2ccccc2)[C@H]1C(=O)O. The first-order chi connectivity index (χ1) is 10.9. The fraction of sp³-hybridized carbons (Fsp3) is 0.400. The number of benzene rings is 1. The van der Waals surface area contributed by atoms with Crippen LogP contribution >= 0.6 is 0 Å². The highest BCUT2D eigenvalue weighted by Crippen LogP contribution is 2.50. The topological polar surface area (TPSA) is 139 Å². The van der Waals surface area contributed by atoms with Gasteiger partial charge in [0, 0.05) is 11.6 Å². The first kappa shape index (κ1) is 16.8. The predicted molar refractivity (Wildman–Crippen MR) is 79.7 cm³/mol. The maximum absolute atomic E-state index is 11.6. The number of anilines is 1. The molecule has 23 heavy (non-hydrogen) atoms. The second kappa shape index (κ2) is 7.10. The van der Waals surface area contributed by atoms with Gasteiger partial charge in [0.2, 0.25) is 0 Å². The van der Waals surface area contributed by atoms with Crippen LogP contribution in [0.25, 0.3) is 0 Å². The van der Waals surface area contributed by atoms with Crippen LogP contribution in [0.4, 0.5) is 10.5 Å². The van der Waals surface area contributed by atoms with E-state index < -0.39 is 41.8 Å². The smallest absolute Gasteiger partial charge is 0.411 e. The maximum Gasteiger partial charge on any atom is 0.411 e.